The number of amides is 1. The van der Waals surface area contributed by atoms with Gasteiger partial charge in [0.2, 0.25) is 5.88 Å². The van der Waals surface area contributed by atoms with E-state index in [1.807, 2.05) is 0 Å². The first-order valence-electron chi connectivity index (χ1n) is 9.17. The van der Waals surface area contributed by atoms with Gasteiger partial charge in [-0.2, -0.15) is 0 Å². The first-order valence-corrected chi connectivity index (χ1v) is 11.0. The Kier molecular flexibility index (Phi) is 7.45. The third kappa shape index (κ3) is 6.17. The summed E-state index contributed by atoms with van der Waals surface area (Å²) in [4.78, 5) is 16.6. The number of nitrogens with zero attached hydrogens (tertiary/aromatic N) is 1. The fourth-order valence-corrected chi connectivity index (χ4v) is 3.74. The first-order chi connectivity index (χ1) is 14.9. The lowest BCUT2D eigenvalue weighted by molar-refractivity contribution is 0.0934. The van der Waals surface area contributed by atoms with Crippen LogP contribution in [-0.2, 0) is 14.8 Å². The zero-order valence-electron chi connectivity index (χ0n) is 16.5. The number of ether oxygens (including phenoxy) is 2. The zero-order chi connectivity index (χ0) is 22.3. The Morgan fingerprint density at radius 3 is 2.61 bits per heavy atom. The summed E-state index contributed by atoms with van der Waals surface area (Å²) in [5.74, 6) is 0.0378. The molecule has 8 nitrogen and oxygen atoms in total. The number of hydrogen-bond donors (Lipinski definition) is 2. The molecule has 10 heteroatoms. The minimum Gasteiger partial charge on any atom is -0.438 e. The van der Waals surface area contributed by atoms with Crippen LogP contribution in [0.3, 0.4) is 0 Å². The van der Waals surface area contributed by atoms with E-state index in [1.54, 1.807) is 37.4 Å². The van der Waals surface area contributed by atoms with Gasteiger partial charge in [0.15, 0.2) is 0 Å². The van der Waals surface area contributed by atoms with Crippen molar-refractivity contribution in [3.8, 4) is 11.6 Å². The Bertz CT molecular complexity index is 1150. The van der Waals surface area contributed by atoms with Gasteiger partial charge in [0.25, 0.3) is 15.9 Å². The molecule has 3 aromatic rings. The second-order valence-electron chi connectivity index (χ2n) is 6.29. The molecular formula is C21H20ClN3O5S. The lowest BCUT2D eigenvalue weighted by Crippen LogP contribution is -2.27. The van der Waals surface area contributed by atoms with Gasteiger partial charge < -0.3 is 14.8 Å². The molecule has 0 saturated heterocycles. The van der Waals surface area contributed by atoms with Crippen LogP contribution < -0.4 is 14.8 Å². The Hall–Kier alpha value is -3.14. The van der Waals surface area contributed by atoms with Gasteiger partial charge in [-0.3, -0.25) is 9.52 Å². The number of sulfonamides is 1. The average molecular weight is 462 g/mol. The normalized spacial score (nSPS) is 11.0. The SMILES string of the molecule is COCCNC(=O)c1cccnc1Oc1cccc(NS(=O)(=O)c2ccc(Cl)cc2)c1. The van der Waals surface area contributed by atoms with Crippen molar-refractivity contribution in [1.29, 1.82) is 0 Å². The van der Waals surface area contributed by atoms with E-state index in [2.05, 4.69) is 15.0 Å². The van der Waals surface area contributed by atoms with E-state index in [4.69, 9.17) is 21.1 Å². The maximum absolute atomic E-state index is 12.6. The summed E-state index contributed by atoms with van der Waals surface area (Å²) in [7, 11) is -2.27. The lowest BCUT2D eigenvalue weighted by atomic mass is 10.2. The predicted molar refractivity (Wildman–Crippen MR) is 117 cm³/mol. The fraction of sp³-hybridized carbons (Fsp3) is 0.143. The van der Waals surface area contributed by atoms with E-state index in [9.17, 15) is 13.2 Å². The highest BCUT2D eigenvalue weighted by molar-refractivity contribution is 7.92. The van der Waals surface area contributed by atoms with Gasteiger partial charge in [-0.05, 0) is 48.5 Å². The highest BCUT2D eigenvalue weighted by atomic mass is 35.5. The minimum atomic E-state index is -3.81. The van der Waals surface area contributed by atoms with Crippen molar-refractivity contribution in [2.45, 2.75) is 4.90 Å². The molecule has 162 valence electrons. The Morgan fingerprint density at radius 1 is 1.10 bits per heavy atom. The number of aromatic nitrogens is 1. The summed E-state index contributed by atoms with van der Waals surface area (Å²) in [6, 6.07) is 15.3. The van der Waals surface area contributed by atoms with Crippen molar-refractivity contribution in [2.24, 2.45) is 0 Å². The highest BCUT2D eigenvalue weighted by Gasteiger charge is 2.16. The summed E-state index contributed by atoms with van der Waals surface area (Å²) < 4.78 is 38.3. The molecular weight excluding hydrogens is 442 g/mol. The van der Waals surface area contributed by atoms with Crippen molar-refractivity contribution in [3.63, 3.8) is 0 Å². The number of methoxy groups -OCH3 is 1. The van der Waals surface area contributed by atoms with Gasteiger partial charge in [0, 0.05) is 30.9 Å². The van der Waals surface area contributed by atoms with Crippen LogP contribution in [0.15, 0.2) is 71.8 Å². The number of carbonyl (C=O) groups is 1. The molecule has 0 spiro atoms. The van der Waals surface area contributed by atoms with Crippen LogP contribution in [0.5, 0.6) is 11.6 Å². The van der Waals surface area contributed by atoms with Crippen LogP contribution in [-0.4, -0.2) is 39.6 Å². The minimum absolute atomic E-state index is 0.0722. The number of hydrogen-bond acceptors (Lipinski definition) is 6. The quantitative estimate of drug-likeness (QED) is 0.470. The van der Waals surface area contributed by atoms with Crippen LogP contribution in [0.2, 0.25) is 5.02 Å². The van der Waals surface area contributed by atoms with Gasteiger partial charge in [0.1, 0.15) is 11.3 Å². The van der Waals surface area contributed by atoms with Crippen molar-refractivity contribution in [3.05, 3.63) is 77.4 Å². The summed E-state index contributed by atoms with van der Waals surface area (Å²) in [5.41, 5.74) is 0.528. The van der Waals surface area contributed by atoms with Crippen molar-refractivity contribution in [1.82, 2.24) is 10.3 Å². The molecule has 0 unspecified atom stereocenters. The Labute approximate surface area is 185 Å². The average Bonchev–Trinajstić information content (AvgIpc) is 2.74. The molecule has 0 aliphatic heterocycles. The third-order valence-corrected chi connectivity index (χ3v) is 5.68. The Morgan fingerprint density at radius 2 is 1.87 bits per heavy atom. The molecule has 2 N–H and O–H groups in total. The molecule has 0 aliphatic carbocycles. The molecule has 0 atom stereocenters. The maximum Gasteiger partial charge on any atom is 0.261 e. The highest BCUT2D eigenvalue weighted by Crippen LogP contribution is 2.26. The van der Waals surface area contributed by atoms with E-state index in [1.165, 1.54) is 36.5 Å². The summed E-state index contributed by atoms with van der Waals surface area (Å²) >= 11 is 5.82. The number of pyridine rings is 1. The van der Waals surface area contributed by atoms with Gasteiger partial charge in [-0.1, -0.05) is 17.7 Å². The molecule has 1 heterocycles. The number of rotatable bonds is 9. The van der Waals surface area contributed by atoms with Crippen LogP contribution >= 0.6 is 11.6 Å². The van der Waals surface area contributed by atoms with Crippen LogP contribution in [0.1, 0.15) is 10.4 Å². The summed E-state index contributed by atoms with van der Waals surface area (Å²) in [6.45, 7) is 0.712. The molecule has 0 aliphatic rings. The fourth-order valence-electron chi connectivity index (χ4n) is 2.57. The van der Waals surface area contributed by atoms with Crippen LogP contribution in [0.4, 0.5) is 5.69 Å². The van der Waals surface area contributed by atoms with E-state index in [0.717, 1.165) is 0 Å². The van der Waals surface area contributed by atoms with Crippen LogP contribution in [0.25, 0.3) is 0 Å². The lowest BCUT2D eigenvalue weighted by Gasteiger charge is -2.12. The first kappa shape index (κ1) is 22.5. The van der Waals surface area contributed by atoms with Gasteiger partial charge in [-0.15, -0.1) is 0 Å². The van der Waals surface area contributed by atoms with E-state index in [-0.39, 0.29) is 27.9 Å². The topological polar surface area (TPSA) is 107 Å². The van der Waals surface area contributed by atoms with Gasteiger partial charge in [0.05, 0.1) is 17.2 Å². The van der Waals surface area contributed by atoms with Crippen molar-refractivity contribution >= 4 is 33.2 Å². The number of nitrogens with one attached hydrogen (secondary N) is 2. The number of halogens is 1. The summed E-state index contributed by atoms with van der Waals surface area (Å²) in [5, 5.41) is 3.14. The van der Waals surface area contributed by atoms with Gasteiger partial charge >= 0.3 is 0 Å². The molecule has 0 fully saturated rings. The smallest absolute Gasteiger partial charge is 0.261 e. The number of anilines is 1. The maximum atomic E-state index is 12.6. The molecule has 31 heavy (non-hydrogen) atoms. The largest absolute Gasteiger partial charge is 0.438 e. The van der Waals surface area contributed by atoms with Crippen molar-refractivity contribution < 1.29 is 22.7 Å². The van der Waals surface area contributed by atoms with Crippen LogP contribution in [0, 0.1) is 0 Å². The zero-order valence-corrected chi connectivity index (χ0v) is 18.1. The standard InChI is InChI=1S/C21H20ClN3O5S/c1-29-13-12-23-20(26)19-6-3-11-24-21(19)30-17-5-2-4-16(14-17)25-31(27,28)18-9-7-15(22)8-10-18/h2-11,14,25H,12-13H2,1H3,(H,23,26). The van der Waals surface area contributed by atoms with E-state index >= 15 is 0 Å². The second-order valence-corrected chi connectivity index (χ2v) is 8.41. The van der Waals surface area contributed by atoms with Gasteiger partial charge in [-0.25, -0.2) is 13.4 Å². The monoisotopic (exact) mass is 461 g/mol. The number of carbonyl (C=O) groups excluding carboxylic acids is 1. The summed E-state index contributed by atoms with van der Waals surface area (Å²) in [6.07, 6.45) is 1.49. The van der Waals surface area contributed by atoms with E-state index in [0.29, 0.717) is 23.9 Å². The molecule has 1 amide bonds. The molecule has 0 bridgehead atoms. The van der Waals surface area contributed by atoms with E-state index < -0.39 is 10.0 Å². The number of benzene rings is 2. The predicted octanol–water partition coefficient (Wildman–Crippen LogP) is 3.70. The molecule has 0 radical (unpaired) electrons. The Balaban J connectivity index is 1.77. The third-order valence-electron chi connectivity index (χ3n) is 4.03. The molecule has 0 saturated carbocycles. The van der Waals surface area contributed by atoms with Crippen molar-refractivity contribution in [2.75, 3.05) is 25.0 Å². The molecule has 3 rings (SSSR count). The molecule has 2 aromatic carbocycles. The molecule has 1 aromatic heterocycles. The second kappa shape index (κ2) is 10.3.